The van der Waals surface area contributed by atoms with Crippen LogP contribution in [0.4, 0.5) is 0 Å². The lowest BCUT2D eigenvalue weighted by Gasteiger charge is -2.36. The van der Waals surface area contributed by atoms with E-state index in [1.165, 1.54) is 4.31 Å². The van der Waals surface area contributed by atoms with E-state index >= 15 is 0 Å². The van der Waals surface area contributed by atoms with Gasteiger partial charge in [-0.05, 0) is 31.0 Å². The smallest absolute Gasteiger partial charge is 0.282 e. The Kier molecular flexibility index (Phi) is 6.16. The molecular formula is C18H27N3O4S. The molecule has 2 fully saturated rings. The van der Waals surface area contributed by atoms with Crippen LogP contribution in [0.5, 0.6) is 5.75 Å². The van der Waals surface area contributed by atoms with Crippen LogP contribution in [0.1, 0.15) is 36.0 Å². The van der Waals surface area contributed by atoms with Gasteiger partial charge in [0.2, 0.25) is 0 Å². The minimum absolute atomic E-state index is 0.0873. The molecule has 0 unspecified atom stereocenters. The lowest BCUT2D eigenvalue weighted by atomic mass is 10.1. The summed E-state index contributed by atoms with van der Waals surface area (Å²) in [4.78, 5) is 14.4. The SMILES string of the molecule is COc1cccc(C(=O)N2CCN(S(=O)(=O)N3CCCCCC3)CC2)c1. The van der Waals surface area contributed by atoms with Crippen LogP contribution < -0.4 is 4.74 Å². The molecule has 26 heavy (non-hydrogen) atoms. The number of carbonyl (C=O) groups is 1. The van der Waals surface area contributed by atoms with Crippen molar-refractivity contribution in [1.29, 1.82) is 0 Å². The van der Waals surface area contributed by atoms with Crippen molar-refractivity contribution in [3.05, 3.63) is 29.8 Å². The van der Waals surface area contributed by atoms with Crippen molar-refractivity contribution in [1.82, 2.24) is 13.5 Å². The number of carbonyl (C=O) groups excluding carboxylic acids is 1. The van der Waals surface area contributed by atoms with E-state index < -0.39 is 10.2 Å². The average molecular weight is 381 g/mol. The van der Waals surface area contributed by atoms with Crippen LogP contribution in [0.2, 0.25) is 0 Å². The summed E-state index contributed by atoms with van der Waals surface area (Å²) in [6.07, 6.45) is 4.03. The third-order valence-electron chi connectivity index (χ3n) is 5.06. The van der Waals surface area contributed by atoms with Gasteiger partial charge in [0.25, 0.3) is 16.1 Å². The van der Waals surface area contributed by atoms with Gasteiger partial charge in [-0.2, -0.15) is 17.0 Å². The molecule has 0 aliphatic carbocycles. The number of ether oxygens (including phenoxy) is 1. The topological polar surface area (TPSA) is 70.2 Å². The summed E-state index contributed by atoms with van der Waals surface area (Å²) >= 11 is 0. The first-order valence-electron chi connectivity index (χ1n) is 9.21. The molecule has 0 N–H and O–H groups in total. The average Bonchev–Trinajstić information content (AvgIpc) is 2.97. The summed E-state index contributed by atoms with van der Waals surface area (Å²) in [5.41, 5.74) is 0.563. The molecule has 1 aromatic rings. The van der Waals surface area contributed by atoms with Crippen molar-refractivity contribution in [2.75, 3.05) is 46.4 Å². The van der Waals surface area contributed by atoms with E-state index in [4.69, 9.17) is 4.74 Å². The van der Waals surface area contributed by atoms with Crippen molar-refractivity contribution < 1.29 is 17.9 Å². The van der Waals surface area contributed by atoms with Gasteiger partial charge in [0.1, 0.15) is 5.75 Å². The van der Waals surface area contributed by atoms with E-state index in [2.05, 4.69) is 0 Å². The van der Waals surface area contributed by atoms with Gasteiger partial charge in [-0.15, -0.1) is 0 Å². The quantitative estimate of drug-likeness (QED) is 0.794. The summed E-state index contributed by atoms with van der Waals surface area (Å²) in [6.45, 7) is 2.70. The lowest BCUT2D eigenvalue weighted by molar-refractivity contribution is 0.0693. The zero-order chi connectivity index (χ0) is 18.6. The minimum atomic E-state index is -3.42. The van der Waals surface area contributed by atoms with Crippen LogP contribution in [-0.4, -0.2) is 74.2 Å². The first kappa shape index (κ1) is 19.1. The number of benzene rings is 1. The lowest BCUT2D eigenvalue weighted by Crippen LogP contribution is -2.54. The third-order valence-corrected chi connectivity index (χ3v) is 7.10. The highest BCUT2D eigenvalue weighted by atomic mass is 32.2. The van der Waals surface area contributed by atoms with Crippen molar-refractivity contribution in [2.24, 2.45) is 0 Å². The number of methoxy groups -OCH3 is 1. The van der Waals surface area contributed by atoms with Gasteiger partial charge in [0.15, 0.2) is 0 Å². The van der Waals surface area contributed by atoms with Crippen molar-refractivity contribution in [2.45, 2.75) is 25.7 Å². The Hall–Kier alpha value is -1.64. The number of hydrogen-bond donors (Lipinski definition) is 0. The zero-order valence-corrected chi connectivity index (χ0v) is 16.1. The zero-order valence-electron chi connectivity index (χ0n) is 15.3. The Labute approximate surface area is 155 Å². The molecular weight excluding hydrogens is 354 g/mol. The van der Waals surface area contributed by atoms with Crippen molar-refractivity contribution >= 4 is 16.1 Å². The highest BCUT2D eigenvalue weighted by molar-refractivity contribution is 7.86. The third kappa shape index (κ3) is 4.19. The molecule has 1 amide bonds. The summed E-state index contributed by atoms with van der Waals surface area (Å²) in [5.74, 6) is 0.550. The molecule has 144 valence electrons. The fraction of sp³-hybridized carbons (Fsp3) is 0.611. The van der Waals surface area contributed by atoms with Crippen molar-refractivity contribution in [3.8, 4) is 5.75 Å². The number of amides is 1. The van der Waals surface area contributed by atoms with E-state index in [-0.39, 0.29) is 5.91 Å². The van der Waals surface area contributed by atoms with Crippen molar-refractivity contribution in [3.63, 3.8) is 0 Å². The normalized spacial score (nSPS) is 20.6. The fourth-order valence-corrected chi connectivity index (χ4v) is 5.17. The maximum Gasteiger partial charge on any atom is 0.282 e. The largest absolute Gasteiger partial charge is 0.497 e. The van der Waals surface area contributed by atoms with Gasteiger partial charge in [-0.25, -0.2) is 0 Å². The molecule has 0 bridgehead atoms. The first-order chi connectivity index (χ1) is 12.5. The highest BCUT2D eigenvalue weighted by Crippen LogP contribution is 2.19. The van der Waals surface area contributed by atoms with E-state index in [1.54, 1.807) is 40.6 Å². The second kappa shape index (κ2) is 8.37. The Morgan fingerprint density at radius 3 is 2.15 bits per heavy atom. The summed E-state index contributed by atoms with van der Waals surface area (Å²) in [7, 11) is -1.86. The monoisotopic (exact) mass is 381 g/mol. The molecule has 0 saturated carbocycles. The van der Waals surface area contributed by atoms with Crippen LogP contribution >= 0.6 is 0 Å². The fourth-order valence-electron chi connectivity index (χ4n) is 3.50. The number of piperazine rings is 1. The van der Waals surface area contributed by atoms with Gasteiger partial charge < -0.3 is 9.64 Å². The maximum absolute atomic E-state index is 12.9. The van der Waals surface area contributed by atoms with Crippen LogP contribution in [0.3, 0.4) is 0 Å². The Morgan fingerprint density at radius 2 is 1.54 bits per heavy atom. The molecule has 0 atom stereocenters. The number of nitrogens with zero attached hydrogens (tertiary/aromatic N) is 3. The summed E-state index contributed by atoms with van der Waals surface area (Å²) in [5, 5.41) is 0. The first-order valence-corrected chi connectivity index (χ1v) is 10.6. The standard InChI is InChI=1S/C18H27N3O4S/c1-25-17-8-6-7-16(15-17)18(22)19-11-13-21(14-12-19)26(23,24)20-9-4-2-3-5-10-20/h6-8,15H,2-5,9-14H2,1H3. The second-order valence-electron chi connectivity index (χ2n) is 6.74. The van der Waals surface area contributed by atoms with Gasteiger partial charge in [0.05, 0.1) is 7.11 Å². The van der Waals surface area contributed by atoms with E-state index in [0.717, 1.165) is 25.7 Å². The minimum Gasteiger partial charge on any atom is -0.497 e. The molecule has 7 nitrogen and oxygen atoms in total. The molecule has 0 radical (unpaired) electrons. The Balaban J connectivity index is 1.62. The number of hydrogen-bond acceptors (Lipinski definition) is 4. The van der Waals surface area contributed by atoms with E-state index in [1.807, 2.05) is 0 Å². The predicted octanol–water partition coefficient (Wildman–Crippen LogP) is 1.57. The molecule has 0 spiro atoms. The van der Waals surface area contributed by atoms with Crippen LogP contribution in [-0.2, 0) is 10.2 Å². The van der Waals surface area contributed by atoms with Gasteiger partial charge in [-0.1, -0.05) is 18.9 Å². The van der Waals surface area contributed by atoms with Gasteiger partial charge >= 0.3 is 0 Å². The predicted molar refractivity (Wildman–Crippen MR) is 99.4 cm³/mol. The van der Waals surface area contributed by atoms with Crippen LogP contribution in [0.15, 0.2) is 24.3 Å². The molecule has 2 aliphatic heterocycles. The van der Waals surface area contributed by atoms with Gasteiger partial charge in [-0.3, -0.25) is 4.79 Å². The molecule has 1 aromatic carbocycles. The number of rotatable bonds is 4. The van der Waals surface area contributed by atoms with Gasteiger partial charge in [0, 0.05) is 44.8 Å². The summed E-state index contributed by atoms with van der Waals surface area (Å²) < 4.78 is 34.0. The molecule has 2 saturated heterocycles. The second-order valence-corrected chi connectivity index (χ2v) is 8.67. The van der Waals surface area contributed by atoms with E-state index in [9.17, 15) is 13.2 Å². The molecule has 0 aromatic heterocycles. The molecule has 2 heterocycles. The van der Waals surface area contributed by atoms with Crippen LogP contribution in [0.25, 0.3) is 0 Å². The maximum atomic E-state index is 12.9. The van der Waals surface area contributed by atoms with E-state index in [0.29, 0.717) is 50.6 Å². The summed E-state index contributed by atoms with van der Waals surface area (Å²) in [6, 6.07) is 7.04. The van der Waals surface area contributed by atoms with Crippen LogP contribution in [0, 0.1) is 0 Å². The molecule has 2 aliphatic rings. The Bertz CT molecular complexity index is 722. The molecule has 8 heteroatoms. The molecule has 3 rings (SSSR count). The Morgan fingerprint density at radius 1 is 0.923 bits per heavy atom. The highest BCUT2D eigenvalue weighted by Gasteiger charge is 2.33.